The van der Waals surface area contributed by atoms with E-state index in [2.05, 4.69) is 42.6 Å². The van der Waals surface area contributed by atoms with Crippen molar-refractivity contribution in [2.75, 3.05) is 24.8 Å². The van der Waals surface area contributed by atoms with Crippen LogP contribution in [0.25, 0.3) is 0 Å². The van der Waals surface area contributed by atoms with E-state index in [0.29, 0.717) is 0 Å². The van der Waals surface area contributed by atoms with Gasteiger partial charge in [0, 0.05) is 12.6 Å². The van der Waals surface area contributed by atoms with Crippen molar-refractivity contribution in [2.45, 2.75) is 24.9 Å². The fourth-order valence-corrected chi connectivity index (χ4v) is 5.91. The average Bonchev–Trinajstić information content (AvgIpc) is 3.06. The number of phosphoric acid groups is 3. The first-order chi connectivity index (χ1) is 15.7. The molecule has 0 amide bonds. The third-order valence-corrected chi connectivity index (χ3v) is 7.86. The first-order valence-electron chi connectivity index (χ1n) is 8.90. The minimum atomic E-state index is -5.68. The maximum atomic E-state index is 12.3. The van der Waals surface area contributed by atoms with Gasteiger partial charge >= 0.3 is 29.2 Å². The van der Waals surface area contributed by atoms with Crippen molar-refractivity contribution in [1.82, 2.24) is 9.55 Å². The van der Waals surface area contributed by atoms with Gasteiger partial charge in [0.25, 0.3) is 0 Å². The number of rotatable bonds is 10. The van der Waals surface area contributed by atoms with E-state index in [4.69, 9.17) is 30.7 Å². The molecule has 1 aliphatic rings. The summed E-state index contributed by atoms with van der Waals surface area (Å²) in [4.78, 5) is 51.9. The predicted molar refractivity (Wildman–Crippen MR) is 116 cm³/mol. The lowest BCUT2D eigenvalue weighted by atomic mass is 10.2. The number of phosphoric ester groups is 1. The van der Waals surface area contributed by atoms with Crippen LogP contribution in [0.3, 0.4) is 0 Å². The summed E-state index contributed by atoms with van der Waals surface area (Å²) in [5.74, 6) is 4.96. The Morgan fingerprint density at radius 3 is 2.50 bits per heavy atom. The molecule has 192 valence electrons. The second-order valence-electron chi connectivity index (χ2n) is 6.32. The second-order valence-corrected chi connectivity index (χ2v) is 11.0. The summed E-state index contributed by atoms with van der Waals surface area (Å²) in [5.41, 5.74) is 10.4. The quantitative estimate of drug-likeness (QED) is 0.0778. The fourth-order valence-electron chi connectivity index (χ4n) is 2.69. The molecule has 0 aromatic carbocycles. The van der Waals surface area contributed by atoms with Crippen molar-refractivity contribution in [2.24, 2.45) is 5.73 Å². The topological polar surface area (TPSA) is 265 Å². The molecular formula is C13H21N4O13P3S. The smallest absolute Gasteiger partial charge is 0.382 e. The lowest BCUT2D eigenvalue weighted by Crippen LogP contribution is -2.29. The number of hydrogen-bond acceptors (Lipinski definition) is 13. The summed E-state index contributed by atoms with van der Waals surface area (Å²) >= 11 is 3.93. The van der Waals surface area contributed by atoms with Gasteiger partial charge in [0.05, 0.1) is 30.8 Å². The third kappa shape index (κ3) is 8.83. The van der Waals surface area contributed by atoms with Gasteiger partial charge in [-0.15, -0.1) is 0 Å². The number of nitrogens with zero attached hydrogens (tertiary/aromatic N) is 2. The molecule has 34 heavy (non-hydrogen) atoms. The third-order valence-electron chi connectivity index (χ3n) is 3.90. The Kier molecular flexibility index (Phi) is 10.1. The molecule has 8 N–H and O–H groups in total. The monoisotopic (exact) mass is 566 g/mol. The lowest BCUT2D eigenvalue weighted by molar-refractivity contribution is -0.0542. The van der Waals surface area contributed by atoms with E-state index < -0.39 is 54.2 Å². The highest BCUT2D eigenvalue weighted by Crippen LogP contribution is 2.66. The molecule has 5 atom stereocenters. The molecule has 0 spiro atoms. The van der Waals surface area contributed by atoms with Crippen molar-refractivity contribution in [3.8, 4) is 11.8 Å². The minimum absolute atomic E-state index is 0.0141. The molecule has 2 rings (SSSR count). The summed E-state index contributed by atoms with van der Waals surface area (Å²) in [6, 6.07) is 0. The summed E-state index contributed by atoms with van der Waals surface area (Å²) < 4.78 is 58.0. The van der Waals surface area contributed by atoms with Crippen LogP contribution < -0.4 is 17.2 Å². The van der Waals surface area contributed by atoms with Gasteiger partial charge < -0.3 is 40.5 Å². The molecule has 0 bridgehead atoms. The molecule has 0 aliphatic carbocycles. The maximum absolute atomic E-state index is 12.3. The van der Waals surface area contributed by atoms with Gasteiger partial charge in [-0.2, -0.15) is 26.2 Å². The molecule has 3 unspecified atom stereocenters. The Labute approximate surface area is 197 Å². The first kappa shape index (κ1) is 29.1. The highest BCUT2D eigenvalue weighted by molar-refractivity contribution is 7.80. The Morgan fingerprint density at radius 1 is 1.24 bits per heavy atom. The van der Waals surface area contributed by atoms with Crippen LogP contribution >= 0.6 is 36.1 Å². The lowest BCUT2D eigenvalue weighted by Gasteiger charge is -2.20. The summed E-state index contributed by atoms with van der Waals surface area (Å²) in [6.07, 6.45) is -1.71. The van der Waals surface area contributed by atoms with Gasteiger partial charge in [-0.1, -0.05) is 11.8 Å². The van der Waals surface area contributed by atoms with Crippen LogP contribution in [0.4, 0.5) is 5.82 Å². The first-order valence-corrected chi connectivity index (χ1v) is 14.1. The molecule has 1 aromatic heterocycles. The normalized spacial score (nSPS) is 24.1. The van der Waals surface area contributed by atoms with Crippen LogP contribution in [-0.4, -0.2) is 60.4 Å². The van der Waals surface area contributed by atoms with E-state index in [-0.39, 0.29) is 30.3 Å². The molecule has 1 fully saturated rings. The molecule has 0 radical (unpaired) electrons. The Balaban J connectivity index is 2.17. The van der Waals surface area contributed by atoms with Crippen molar-refractivity contribution in [1.29, 1.82) is 0 Å². The number of nitrogen functional groups attached to an aromatic ring is 1. The molecule has 1 saturated heterocycles. The number of anilines is 1. The van der Waals surface area contributed by atoms with Crippen LogP contribution in [-0.2, 0) is 36.3 Å². The SMILES string of the molecule is NCC#Cc1cn([C@H]2CC(OCS)[C@@H](COP(=O)(O)OP(=O)(O)OP(=O)(O)O)O2)c(=O)nc1N. The van der Waals surface area contributed by atoms with Crippen LogP contribution in [0.2, 0.25) is 0 Å². The molecule has 1 aromatic rings. The van der Waals surface area contributed by atoms with E-state index in [1.54, 1.807) is 0 Å². The molecule has 1 aliphatic heterocycles. The Bertz CT molecular complexity index is 1150. The largest absolute Gasteiger partial charge is 0.490 e. The summed E-state index contributed by atoms with van der Waals surface area (Å²) in [7, 11) is -16.6. The highest BCUT2D eigenvalue weighted by Gasteiger charge is 2.43. The molecule has 17 nitrogen and oxygen atoms in total. The van der Waals surface area contributed by atoms with Crippen molar-refractivity contribution < 1.29 is 55.9 Å². The zero-order chi connectivity index (χ0) is 25.7. The van der Waals surface area contributed by atoms with Gasteiger partial charge in [0.15, 0.2) is 0 Å². The number of hydrogen-bond donors (Lipinski definition) is 7. The predicted octanol–water partition coefficient (Wildman–Crippen LogP) is -0.961. The molecule has 2 heterocycles. The van der Waals surface area contributed by atoms with Crippen molar-refractivity contribution in [3.63, 3.8) is 0 Å². The summed E-state index contributed by atoms with van der Waals surface area (Å²) in [5, 5.41) is 0. The van der Waals surface area contributed by atoms with E-state index in [9.17, 15) is 28.3 Å². The van der Waals surface area contributed by atoms with Gasteiger partial charge in [-0.25, -0.2) is 18.5 Å². The maximum Gasteiger partial charge on any atom is 0.490 e. The fraction of sp³-hybridized carbons (Fsp3) is 0.538. The van der Waals surface area contributed by atoms with Crippen molar-refractivity contribution >= 4 is 41.9 Å². The molecule has 21 heteroatoms. The van der Waals surface area contributed by atoms with Crippen LogP contribution in [0.5, 0.6) is 0 Å². The van der Waals surface area contributed by atoms with Gasteiger partial charge in [0.2, 0.25) is 0 Å². The van der Waals surface area contributed by atoms with E-state index in [0.717, 1.165) is 4.57 Å². The van der Waals surface area contributed by atoms with E-state index >= 15 is 0 Å². The zero-order valence-electron chi connectivity index (χ0n) is 16.9. The zero-order valence-corrected chi connectivity index (χ0v) is 20.5. The summed E-state index contributed by atoms with van der Waals surface area (Å²) in [6.45, 7) is -0.755. The number of nitrogens with two attached hydrogens (primary N) is 2. The number of ether oxygens (including phenoxy) is 2. The number of thiol groups is 1. The Morgan fingerprint density at radius 2 is 1.91 bits per heavy atom. The van der Waals surface area contributed by atoms with Gasteiger partial charge in [-0.3, -0.25) is 9.09 Å². The van der Waals surface area contributed by atoms with E-state index in [1.807, 2.05) is 0 Å². The van der Waals surface area contributed by atoms with Crippen molar-refractivity contribution in [3.05, 3.63) is 22.2 Å². The van der Waals surface area contributed by atoms with Gasteiger partial charge in [-0.05, 0) is 0 Å². The molecule has 0 saturated carbocycles. The van der Waals surface area contributed by atoms with Crippen LogP contribution in [0, 0.1) is 11.8 Å². The minimum Gasteiger partial charge on any atom is -0.382 e. The average molecular weight is 566 g/mol. The highest BCUT2D eigenvalue weighted by atomic mass is 32.1. The number of aromatic nitrogens is 2. The van der Waals surface area contributed by atoms with Crippen LogP contribution in [0.15, 0.2) is 11.0 Å². The molecular weight excluding hydrogens is 545 g/mol. The van der Waals surface area contributed by atoms with Gasteiger partial charge in [0.1, 0.15) is 18.1 Å². The van der Waals surface area contributed by atoms with E-state index in [1.165, 1.54) is 6.20 Å². The Hall–Kier alpha value is -1.12. The standard InChI is InChI=1S/C13H21N4O13P3S/c14-3-1-2-8-5-17(13(18)16-12(8)15)11-4-9(26-7-34)10(28-11)6-27-32(22,23)30-33(24,25)29-31(19,20)21/h5,9-11,34H,3-4,6-7,14H2,(H,22,23)(H,24,25)(H2,15,16,18)(H2,19,20,21)/t9?,10-,11-/m1/s1. The second kappa shape index (κ2) is 11.7. The van der Waals surface area contributed by atoms with Crippen LogP contribution in [0.1, 0.15) is 18.2 Å².